The van der Waals surface area contributed by atoms with Crippen LogP contribution in [-0.4, -0.2) is 43.1 Å². The van der Waals surface area contributed by atoms with Crippen molar-refractivity contribution in [3.8, 4) is 0 Å². The molecule has 4 heteroatoms. The Morgan fingerprint density at radius 2 is 1.85 bits per heavy atom. The van der Waals surface area contributed by atoms with Gasteiger partial charge in [-0.15, -0.1) is 0 Å². The second-order valence-corrected chi connectivity index (χ2v) is 7.47. The number of aliphatic hydroxyl groups is 1. The summed E-state index contributed by atoms with van der Waals surface area (Å²) in [5, 5.41) is 11.0. The zero-order chi connectivity index (χ0) is 18.7. The van der Waals surface area contributed by atoms with E-state index in [1.807, 2.05) is 45.3 Å². The summed E-state index contributed by atoms with van der Waals surface area (Å²) in [5.41, 5.74) is 3.41. The molecule has 0 saturated carbocycles. The van der Waals surface area contributed by atoms with Crippen LogP contribution in [0.5, 0.6) is 0 Å². The number of carbonyl (C=O) groups is 1. The summed E-state index contributed by atoms with van der Waals surface area (Å²) in [6, 6.07) is 16.2. The van der Waals surface area contributed by atoms with Crippen LogP contribution in [0.15, 0.2) is 48.5 Å². The highest BCUT2D eigenvalue weighted by Gasteiger charge is 2.40. The Kier molecular flexibility index (Phi) is 5.33. The van der Waals surface area contributed by atoms with Gasteiger partial charge in [0.05, 0.1) is 6.54 Å². The van der Waals surface area contributed by atoms with Gasteiger partial charge >= 0.3 is 0 Å². The molecule has 1 heterocycles. The van der Waals surface area contributed by atoms with Crippen molar-refractivity contribution in [3.63, 3.8) is 0 Å². The highest BCUT2D eigenvalue weighted by molar-refractivity contribution is 5.77. The maximum absolute atomic E-state index is 12.6. The summed E-state index contributed by atoms with van der Waals surface area (Å²) < 4.78 is 0. The van der Waals surface area contributed by atoms with Crippen molar-refractivity contribution in [3.05, 3.63) is 65.2 Å². The Bertz CT molecular complexity index is 770. The van der Waals surface area contributed by atoms with Gasteiger partial charge in [-0.3, -0.25) is 4.79 Å². The zero-order valence-electron chi connectivity index (χ0n) is 15.9. The maximum atomic E-state index is 12.6. The van der Waals surface area contributed by atoms with E-state index in [2.05, 4.69) is 29.2 Å². The van der Waals surface area contributed by atoms with Crippen LogP contribution < -0.4 is 4.90 Å². The lowest BCUT2D eigenvalue weighted by Crippen LogP contribution is -2.34. The topological polar surface area (TPSA) is 43.8 Å². The molecule has 3 rings (SSSR count). The second kappa shape index (κ2) is 7.50. The van der Waals surface area contributed by atoms with Crippen LogP contribution in [0.4, 0.5) is 5.69 Å². The number of carbonyl (C=O) groups excluding carboxylic acids is 1. The van der Waals surface area contributed by atoms with Crippen LogP contribution in [0, 0.1) is 6.92 Å². The van der Waals surface area contributed by atoms with Gasteiger partial charge in [-0.2, -0.15) is 0 Å². The molecule has 1 N–H and O–H groups in total. The molecule has 138 valence electrons. The number of likely N-dealkylation sites (tertiary alicyclic amines) is 1. The maximum Gasteiger partial charge on any atom is 0.223 e. The largest absolute Gasteiger partial charge is 0.383 e. The van der Waals surface area contributed by atoms with Gasteiger partial charge in [0.2, 0.25) is 5.91 Å². The van der Waals surface area contributed by atoms with E-state index >= 15 is 0 Å². The molecule has 2 aromatic rings. The fourth-order valence-electron chi connectivity index (χ4n) is 3.69. The van der Waals surface area contributed by atoms with E-state index in [-0.39, 0.29) is 5.91 Å². The molecule has 1 aliphatic rings. The Morgan fingerprint density at radius 1 is 1.15 bits per heavy atom. The summed E-state index contributed by atoms with van der Waals surface area (Å²) >= 11 is 0. The summed E-state index contributed by atoms with van der Waals surface area (Å²) in [5.74, 6) is 0.117. The minimum Gasteiger partial charge on any atom is -0.383 e. The molecule has 1 atom stereocenters. The standard InChI is InChI=1S/C22H28N2O2/c1-17-6-4-5-7-20(17)22(26)14-15-24(16-22)21(25)13-10-18-8-11-19(12-9-18)23(2)3/h4-9,11-12,26H,10,13-16H2,1-3H3/t22-/m1/s1. The van der Waals surface area contributed by atoms with Crippen LogP contribution >= 0.6 is 0 Å². The molecule has 0 spiro atoms. The highest BCUT2D eigenvalue weighted by atomic mass is 16.3. The van der Waals surface area contributed by atoms with Gasteiger partial charge in [-0.1, -0.05) is 36.4 Å². The molecule has 0 aliphatic carbocycles. The summed E-state index contributed by atoms with van der Waals surface area (Å²) in [6.07, 6.45) is 1.80. The van der Waals surface area contributed by atoms with Crippen LogP contribution in [0.25, 0.3) is 0 Å². The third kappa shape index (κ3) is 3.91. The number of benzene rings is 2. The van der Waals surface area contributed by atoms with E-state index in [1.54, 1.807) is 4.90 Å². The SMILES string of the molecule is Cc1ccccc1[C@@]1(O)CCN(C(=O)CCc2ccc(N(C)C)cc2)C1. The van der Waals surface area contributed by atoms with Crippen molar-refractivity contribution >= 4 is 11.6 Å². The lowest BCUT2D eigenvalue weighted by atomic mass is 9.89. The van der Waals surface area contributed by atoms with Crippen molar-refractivity contribution < 1.29 is 9.90 Å². The number of hydrogen-bond acceptors (Lipinski definition) is 3. The zero-order valence-corrected chi connectivity index (χ0v) is 15.9. The number of nitrogens with zero attached hydrogens (tertiary/aromatic N) is 2. The van der Waals surface area contributed by atoms with Gasteiger partial charge in [0.25, 0.3) is 0 Å². The van der Waals surface area contributed by atoms with Crippen molar-refractivity contribution in [2.75, 3.05) is 32.1 Å². The lowest BCUT2D eigenvalue weighted by Gasteiger charge is -2.25. The van der Waals surface area contributed by atoms with Gasteiger partial charge in [0.1, 0.15) is 5.60 Å². The lowest BCUT2D eigenvalue weighted by molar-refractivity contribution is -0.131. The minimum absolute atomic E-state index is 0.117. The summed E-state index contributed by atoms with van der Waals surface area (Å²) in [4.78, 5) is 16.5. The van der Waals surface area contributed by atoms with Crippen LogP contribution in [0.2, 0.25) is 0 Å². The summed E-state index contributed by atoms with van der Waals surface area (Å²) in [7, 11) is 4.03. The molecule has 1 aliphatic heterocycles. The van der Waals surface area contributed by atoms with Crippen molar-refractivity contribution in [2.45, 2.75) is 31.8 Å². The molecule has 0 unspecified atom stereocenters. The fourth-order valence-corrected chi connectivity index (χ4v) is 3.69. The van der Waals surface area contributed by atoms with E-state index in [4.69, 9.17) is 0 Å². The van der Waals surface area contributed by atoms with Gasteiger partial charge in [-0.25, -0.2) is 0 Å². The molecule has 1 amide bonds. The first kappa shape index (κ1) is 18.5. The van der Waals surface area contributed by atoms with E-state index in [9.17, 15) is 9.90 Å². The highest BCUT2D eigenvalue weighted by Crippen LogP contribution is 2.34. The number of β-amino-alcohol motifs (C(OH)–C–C–N with tert-alkyl or cyclic N) is 1. The first-order valence-corrected chi connectivity index (χ1v) is 9.21. The van der Waals surface area contributed by atoms with Crippen molar-refractivity contribution in [1.82, 2.24) is 4.90 Å². The minimum atomic E-state index is -0.922. The third-order valence-corrected chi connectivity index (χ3v) is 5.33. The monoisotopic (exact) mass is 352 g/mol. The van der Waals surface area contributed by atoms with Crippen LogP contribution in [0.1, 0.15) is 29.5 Å². The van der Waals surface area contributed by atoms with Crippen molar-refractivity contribution in [2.24, 2.45) is 0 Å². The Labute approximate surface area is 156 Å². The Hall–Kier alpha value is -2.33. The van der Waals surface area contributed by atoms with E-state index in [1.165, 1.54) is 0 Å². The third-order valence-electron chi connectivity index (χ3n) is 5.33. The normalized spacial score (nSPS) is 19.6. The predicted octanol–water partition coefficient (Wildman–Crippen LogP) is 3.11. The van der Waals surface area contributed by atoms with Gasteiger partial charge in [0.15, 0.2) is 0 Å². The molecule has 4 nitrogen and oxygen atoms in total. The smallest absolute Gasteiger partial charge is 0.223 e. The van der Waals surface area contributed by atoms with Crippen molar-refractivity contribution in [1.29, 1.82) is 0 Å². The second-order valence-electron chi connectivity index (χ2n) is 7.47. The molecule has 2 aromatic carbocycles. The quantitative estimate of drug-likeness (QED) is 0.899. The van der Waals surface area contributed by atoms with Gasteiger partial charge < -0.3 is 14.9 Å². The summed E-state index contributed by atoms with van der Waals surface area (Å²) in [6.45, 7) is 3.01. The molecular formula is C22H28N2O2. The molecule has 0 bridgehead atoms. The number of anilines is 1. The molecular weight excluding hydrogens is 324 g/mol. The molecule has 0 radical (unpaired) electrons. The molecule has 0 aromatic heterocycles. The number of aryl methyl sites for hydroxylation is 2. The average molecular weight is 352 g/mol. The first-order chi connectivity index (χ1) is 12.4. The Morgan fingerprint density at radius 3 is 2.50 bits per heavy atom. The van der Waals surface area contributed by atoms with Gasteiger partial charge in [0, 0.05) is 32.7 Å². The Balaban J connectivity index is 1.59. The molecule has 26 heavy (non-hydrogen) atoms. The number of amides is 1. The van der Waals surface area contributed by atoms with E-state index in [0.717, 1.165) is 28.8 Å². The van der Waals surface area contributed by atoms with Gasteiger partial charge in [-0.05, 0) is 48.6 Å². The first-order valence-electron chi connectivity index (χ1n) is 9.21. The number of hydrogen-bond donors (Lipinski definition) is 1. The number of rotatable bonds is 5. The fraction of sp³-hybridized carbons (Fsp3) is 0.409. The van der Waals surface area contributed by atoms with E-state index in [0.29, 0.717) is 25.9 Å². The van der Waals surface area contributed by atoms with Crippen LogP contribution in [0.3, 0.4) is 0 Å². The predicted molar refractivity (Wildman–Crippen MR) is 105 cm³/mol. The van der Waals surface area contributed by atoms with E-state index < -0.39 is 5.60 Å². The van der Waals surface area contributed by atoms with Crippen LogP contribution in [-0.2, 0) is 16.8 Å². The average Bonchev–Trinajstić information content (AvgIpc) is 3.03. The molecule has 1 saturated heterocycles. The molecule has 1 fully saturated rings.